The molecule has 3 heterocycles. The molecular weight excluding hydrogens is 496 g/mol. The van der Waals surface area contributed by atoms with E-state index < -0.39 is 17.9 Å². The lowest BCUT2D eigenvalue weighted by atomic mass is 10.00. The maximum atomic E-state index is 15.3. The average Bonchev–Trinajstić information content (AvgIpc) is 2.88. The molecule has 180 valence electrons. The highest BCUT2D eigenvalue weighted by Crippen LogP contribution is 2.46. The van der Waals surface area contributed by atoms with Gasteiger partial charge in [0, 0.05) is 25.2 Å². The molecular formula is C24H20Cl2FN5O3. The number of benzene rings is 2. The van der Waals surface area contributed by atoms with Crippen LogP contribution in [0, 0.1) is 5.82 Å². The summed E-state index contributed by atoms with van der Waals surface area (Å²) < 4.78 is 20.8. The fraction of sp³-hybridized carbons (Fsp3) is 0.250. The van der Waals surface area contributed by atoms with Gasteiger partial charge in [0.25, 0.3) is 0 Å². The van der Waals surface area contributed by atoms with Crippen LogP contribution in [0.25, 0.3) is 10.9 Å². The molecule has 0 radical (unpaired) electrons. The molecule has 0 aliphatic carbocycles. The molecule has 3 aromatic rings. The number of hydrogen-bond acceptors (Lipinski definition) is 5. The Bertz CT molecular complexity index is 1390. The number of anilines is 3. The summed E-state index contributed by atoms with van der Waals surface area (Å²) in [6.07, 6.45) is 3.87. The number of hydrogen-bond donors (Lipinski definition) is 0. The van der Waals surface area contributed by atoms with Gasteiger partial charge in [-0.15, -0.1) is 0 Å². The largest absolute Gasteiger partial charge is 0.497 e. The van der Waals surface area contributed by atoms with Crippen molar-refractivity contribution < 1.29 is 18.7 Å². The van der Waals surface area contributed by atoms with E-state index in [-0.39, 0.29) is 34.0 Å². The number of halogens is 3. The Morgan fingerprint density at radius 1 is 1.26 bits per heavy atom. The number of rotatable bonds is 4. The molecule has 3 amide bonds. The van der Waals surface area contributed by atoms with Crippen molar-refractivity contribution in [2.75, 3.05) is 30.0 Å². The van der Waals surface area contributed by atoms with Crippen molar-refractivity contribution in [1.82, 2.24) is 14.9 Å². The molecule has 0 N–H and O–H groups in total. The Balaban J connectivity index is 1.74. The summed E-state index contributed by atoms with van der Waals surface area (Å²) in [4.78, 5) is 39.5. The van der Waals surface area contributed by atoms with Crippen molar-refractivity contribution in [2.45, 2.75) is 18.9 Å². The Morgan fingerprint density at radius 2 is 2.06 bits per heavy atom. The van der Waals surface area contributed by atoms with E-state index in [2.05, 4.69) is 16.5 Å². The van der Waals surface area contributed by atoms with Gasteiger partial charge in [-0.3, -0.25) is 9.69 Å². The van der Waals surface area contributed by atoms with Gasteiger partial charge in [0.15, 0.2) is 11.6 Å². The van der Waals surface area contributed by atoms with Crippen LogP contribution in [0.2, 0.25) is 10.0 Å². The molecule has 1 fully saturated rings. The minimum absolute atomic E-state index is 0.0260. The second-order valence-corrected chi connectivity index (χ2v) is 8.99. The van der Waals surface area contributed by atoms with E-state index in [1.165, 1.54) is 36.5 Å². The fourth-order valence-electron chi connectivity index (χ4n) is 4.66. The highest BCUT2D eigenvalue weighted by atomic mass is 35.5. The lowest BCUT2D eigenvalue weighted by Gasteiger charge is -2.43. The monoisotopic (exact) mass is 515 g/mol. The quantitative estimate of drug-likeness (QED) is 0.346. The molecule has 5 rings (SSSR count). The van der Waals surface area contributed by atoms with Crippen molar-refractivity contribution in [2.24, 2.45) is 0 Å². The van der Waals surface area contributed by atoms with Gasteiger partial charge in [-0.25, -0.2) is 24.1 Å². The first kappa shape index (κ1) is 23.3. The average molecular weight is 516 g/mol. The number of aromatic nitrogens is 2. The number of urea groups is 1. The van der Waals surface area contributed by atoms with Crippen LogP contribution in [-0.4, -0.2) is 53.0 Å². The number of likely N-dealkylation sites (tertiary alicyclic amines) is 1. The molecule has 2 aliphatic rings. The maximum absolute atomic E-state index is 15.3. The van der Waals surface area contributed by atoms with Crippen LogP contribution in [0.5, 0.6) is 5.75 Å². The zero-order chi connectivity index (χ0) is 24.9. The molecule has 0 spiro atoms. The molecule has 11 heteroatoms. The number of amides is 3. The Morgan fingerprint density at radius 3 is 2.80 bits per heavy atom. The summed E-state index contributed by atoms with van der Waals surface area (Å²) >= 11 is 12.1. The first-order valence-electron chi connectivity index (χ1n) is 10.9. The number of piperidine rings is 1. The minimum atomic E-state index is -0.844. The third kappa shape index (κ3) is 3.75. The van der Waals surface area contributed by atoms with E-state index in [1.54, 1.807) is 21.9 Å². The standard InChI is InChI=1S/C24H20Cl2FN5O3/c1-3-19(33)30-8-4-5-13(11-30)31-18-10-14(35-2)9-16-20(18)23(29-12-28-16)32(24(31)34)17-7-6-15(25)21(26)22(17)27/h3,6-7,9-10,12-13H,1,4-5,8,11H2,2H3. The van der Waals surface area contributed by atoms with Crippen LogP contribution in [0.15, 0.2) is 43.2 Å². The maximum Gasteiger partial charge on any atom is 0.335 e. The van der Waals surface area contributed by atoms with E-state index >= 15 is 4.39 Å². The topological polar surface area (TPSA) is 78.9 Å². The van der Waals surface area contributed by atoms with Gasteiger partial charge in [0.2, 0.25) is 5.91 Å². The lowest BCUT2D eigenvalue weighted by Crippen LogP contribution is -2.56. The van der Waals surface area contributed by atoms with Crippen molar-refractivity contribution in [3.05, 3.63) is 59.1 Å². The van der Waals surface area contributed by atoms with E-state index in [4.69, 9.17) is 27.9 Å². The van der Waals surface area contributed by atoms with E-state index in [9.17, 15) is 9.59 Å². The molecule has 0 saturated carbocycles. The van der Waals surface area contributed by atoms with Gasteiger partial charge in [0.1, 0.15) is 12.1 Å². The first-order valence-corrected chi connectivity index (χ1v) is 11.6. The smallest absolute Gasteiger partial charge is 0.335 e. The summed E-state index contributed by atoms with van der Waals surface area (Å²) in [6.45, 7) is 4.42. The molecule has 0 bridgehead atoms. The van der Waals surface area contributed by atoms with Crippen molar-refractivity contribution in [3.8, 4) is 5.75 Å². The number of nitrogens with zero attached hydrogens (tertiary/aromatic N) is 5. The summed E-state index contributed by atoms with van der Waals surface area (Å²) in [7, 11) is 1.52. The highest BCUT2D eigenvalue weighted by molar-refractivity contribution is 6.42. The van der Waals surface area contributed by atoms with Gasteiger partial charge in [-0.1, -0.05) is 29.8 Å². The van der Waals surface area contributed by atoms with Crippen LogP contribution in [0.1, 0.15) is 12.8 Å². The second kappa shape index (κ2) is 8.98. The zero-order valence-electron chi connectivity index (χ0n) is 18.7. The van der Waals surface area contributed by atoms with E-state index in [1.807, 2.05) is 0 Å². The second-order valence-electron chi connectivity index (χ2n) is 8.20. The predicted molar refractivity (Wildman–Crippen MR) is 132 cm³/mol. The SMILES string of the molecule is C=CC(=O)N1CCCC(N2C(=O)N(c3ccc(Cl)c(Cl)c3F)c3ncnc4cc(OC)cc2c34)C1. The molecule has 8 nitrogen and oxygen atoms in total. The third-order valence-corrected chi connectivity index (χ3v) is 7.06. The molecule has 1 aromatic heterocycles. The van der Waals surface area contributed by atoms with Crippen LogP contribution in [-0.2, 0) is 4.79 Å². The molecule has 2 aromatic carbocycles. The number of carbonyl (C=O) groups is 2. The number of ether oxygens (including phenoxy) is 1. The molecule has 2 aliphatic heterocycles. The molecule has 35 heavy (non-hydrogen) atoms. The van der Waals surface area contributed by atoms with Crippen LogP contribution in [0.3, 0.4) is 0 Å². The Kier molecular flexibility index (Phi) is 5.98. The van der Waals surface area contributed by atoms with Crippen LogP contribution < -0.4 is 14.5 Å². The first-order chi connectivity index (χ1) is 16.8. The summed E-state index contributed by atoms with van der Waals surface area (Å²) in [5.41, 5.74) is 0.947. The highest BCUT2D eigenvalue weighted by Gasteiger charge is 2.41. The van der Waals surface area contributed by atoms with Crippen LogP contribution in [0.4, 0.5) is 26.4 Å². The number of carbonyl (C=O) groups excluding carboxylic acids is 2. The number of methoxy groups -OCH3 is 1. The zero-order valence-corrected chi connectivity index (χ0v) is 20.2. The van der Waals surface area contributed by atoms with Gasteiger partial charge in [0.05, 0.1) is 45.5 Å². The third-order valence-electron chi connectivity index (χ3n) is 6.28. The van der Waals surface area contributed by atoms with Crippen molar-refractivity contribution in [3.63, 3.8) is 0 Å². The van der Waals surface area contributed by atoms with Gasteiger partial charge in [-0.05, 0) is 31.1 Å². The van der Waals surface area contributed by atoms with Gasteiger partial charge >= 0.3 is 6.03 Å². The van der Waals surface area contributed by atoms with Gasteiger partial charge < -0.3 is 9.64 Å². The predicted octanol–water partition coefficient (Wildman–Crippen LogP) is 5.34. The minimum Gasteiger partial charge on any atom is -0.497 e. The lowest BCUT2D eigenvalue weighted by molar-refractivity contribution is -0.127. The summed E-state index contributed by atoms with van der Waals surface area (Å²) in [6, 6.07) is 5.32. The van der Waals surface area contributed by atoms with Crippen molar-refractivity contribution >= 4 is 63.2 Å². The summed E-state index contributed by atoms with van der Waals surface area (Å²) in [5, 5.41) is 0.276. The van der Waals surface area contributed by atoms with E-state index in [0.717, 1.165) is 0 Å². The Labute approximate surface area is 210 Å². The summed E-state index contributed by atoms with van der Waals surface area (Å²) in [5.74, 6) is -0.352. The fourth-order valence-corrected chi connectivity index (χ4v) is 4.97. The van der Waals surface area contributed by atoms with E-state index in [0.29, 0.717) is 41.7 Å². The Hall–Kier alpha value is -3.43. The molecule has 1 atom stereocenters. The van der Waals surface area contributed by atoms with Crippen molar-refractivity contribution in [1.29, 1.82) is 0 Å². The molecule has 1 unspecified atom stereocenters. The van der Waals surface area contributed by atoms with Crippen LogP contribution >= 0.6 is 23.2 Å². The normalized spacial score (nSPS) is 17.7. The van der Waals surface area contributed by atoms with Gasteiger partial charge in [-0.2, -0.15) is 0 Å². The molecule has 1 saturated heterocycles.